The van der Waals surface area contributed by atoms with Gasteiger partial charge < -0.3 is 10.6 Å². The van der Waals surface area contributed by atoms with E-state index >= 15 is 0 Å². The lowest BCUT2D eigenvalue weighted by Gasteiger charge is -2.13. The van der Waals surface area contributed by atoms with Crippen LogP contribution >= 0.6 is 11.3 Å². The predicted octanol–water partition coefficient (Wildman–Crippen LogP) is 3.31. The van der Waals surface area contributed by atoms with Gasteiger partial charge in [0.25, 0.3) is 0 Å². The van der Waals surface area contributed by atoms with Gasteiger partial charge in [0, 0.05) is 36.1 Å². The van der Waals surface area contributed by atoms with E-state index in [1.807, 2.05) is 6.92 Å². The zero-order valence-corrected chi connectivity index (χ0v) is 16.0. The Morgan fingerprint density at radius 2 is 2.21 bits per heavy atom. The first-order chi connectivity index (χ1) is 11.6. The summed E-state index contributed by atoms with van der Waals surface area (Å²) in [4.78, 5) is 6.10. The zero-order valence-electron chi connectivity index (χ0n) is 15.2. The molecule has 132 valence electrons. The Bertz CT molecular complexity index is 630. The van der Waals surface area contributed by atoms with Crippen molar-refractivity contribution in [1.82, 2.24) is 20.4 Å². The molecule has 2 aromatic heterocycles. The van der Waals surface area contributed by atoms with E-state index < -0.39 is 0 Å². The predicted molar refractivity (Wildman–Crippen MR) is 103 cm³/mol. The van der Waals surface area contributed by atoms with Crippen molar-refractivity contribution in [3.8, 4) is 0 Å². The topological polar surface area (TPSA) is 54.2 Å². The molecule has 2 rings (SSSR count). The monoisotopic (exact) mass is 347 g/mol. The van der Waals surface area contributed by atoms with E-state index in [1.54, 1.807) is 11.3 Å². The van der Waals surface area contributed by atoms with Crippen LogP contribution in [0.15, 0.2) is 28.6 Å². The van der Waals surface area contributed by atoms with Crippen LogP contribution in [0.2, 0.25) is 0 Å². The summed E-state index contributed by atoms with van der Waals surface area (Å²) < 4.78 is 2.07. The number of rotatable bonds is 8. The first kappa shape index (κ1) is 18.5. The Balaban J connectivity index is 1.78. The number of aromatic nitrogens is 2. The molecule has 0 saturated carbocycles. The summed E-state index contributed by atoms with van der Waals surface area (Å²) in [5, 5.41) is 13.4. The van der Waals surface area contributed by atoms with Crippen molar-refractivity contribution in [2.75, 3.05) is 19.6 Å². The highest BCUT2D eigenvalue weighted by Crippen LogP contribution is 2.20. The van der Waals surface area contributed by atoms with Crippen LogP contribution in [0, 0.1) is 13.8 Å². The fourth-order valence-electron chi connectivity index (χ4n) is 2.57. The largest absolute Gasteiger partial charge is 0.357 e. The Hall–Kier alpha value is -1.82. The number of thiophene rings is 1. The molecule has 0 saturated heterocycles. The van der Waals surface area contributed by atoms with E-state index in [4.69, 9.17) is 4.99 Å². The van der Waals surface area contributed by atoms with Gasteiger partial charge >= 0.3 is 0 Å². The molecule has 0 aliphatic rings. The Morgan fingerprint density at radius 3 is 2.83 bits per heavy atom. The van der Waals surface area contributed by atoms with Crippen molar-refractivity contribution in [1.29, 1.82) is 0 Å². The lowest BCUT2D eigenvalue weighted by molar-refractivity contribution is 0.555. The standard InChI is InChI=1S/C18H29N5S/c1-5-19-18(21-13-14(2)17-8-6-11-24-17)20-9-7-10-23-16(4)12-15(3)22-23/h6,8,11-12,14H,5,7,9-10,13H2,1-4H3,(H2,19,20,21). The first-order valence-electron chi connectivity index (χ1n) is 8.66. The van der Waals surface area contributed by atoms with Gasteiger partial charge in [-0.1, -0.05) is 13.0 Å². The third kappa shape index (κ3) is 5.67. The van der Waals surface area contributed by atoms with Crippen LogP contribution in [0.4, 0.5) is 0 Å². The zero-order chi connectivity index (χ0) is 17.4. The molecule has 0 amide bonds. The number of nitrogens with zero attached hydrogens (tertiary/aromatic N) is 3. The molecule has 5 nitrogen and oxygen atoms in total. The average molecular weight is 348 g/mol. The van der Waals surface area contributed by atoms with Crippen molar-refractivity contribution >= 4 is 17.3 Å². The molecule has 6 heteroatoms. The number of aryl methyl sites for hydroxylation is 3. The summed E-state index contributed by atoms with van der Waals surface area (Å²) in [5.74, 6) is 1.35. The molecule has 0 aromatic carbocycles. The fraction of sp³-hybridized carbons (Fsp3) is 0.556. The summed E-state index contributed by atoms with van der Waals surface area (Å²) in [6, 6.07) is 6.40. The molecule has 1 atom stereocenters. The highest BCUT2D eigenvalue weighted by Gasteiger charge is 2.06. The van der Waals surface area contributed by atoms with Crippen molar-refractivity contribution in [3.05, 3.63) is 39.8 Å². The van der Waals surface area contributed by atoms with Crippen LogP contribution < -0.4 is 10.6 Å². The second-order valence-corrected chi connectivity index (χ2v) is 7.05. The van der Waals surface area contributed by atoms with Gasteiger partial charge in [0.1, 0.15) is 0 Å². The number of aliphatic imine (C=N–C) groups is 1. The van der Waals surface area contributed by atoms with Gasteiger partial charge in [-0.25, -0.2) is 0 Å². The molecule has 2 N–H and O–H groups in total. The van der Waals surface area contributed by atoms with Crippen molar-refractivity contribution < 1.29 is 0 Å². The van der Waals surface area contributed by atoms with Crippen LogP contribution in [0.5, 0.6) is 0 Å². The molecule has 2 aromatic rings. The van der Waals surface area contributed by atoms with Gasteiger partial charge in [-0.2, -0.15) is 5.10 Å². The highest BCUT2D eigenvalue weighted by molar-refractivity contribution is 7.10. The molecular formula is C18H29N5S. The minimum atomic E-state index is 0.454. The summed E-state index contributed by atoms with van der Waals surface area (Å²) in [5.41, 5.74) is 2.30. The van der Waals surface area contributed by atoms with Crippen LogP contribution in [0.3, 0.4) is 0 Å². The second kappa shape index (κ2) is 9.47. The maximum absolute atomic E-state index is 4.71. The number of guanidine groups is 1. The minimum Gasteiger partial charge on any atom is -0.357 e. The van der Waals surface area contributed by atoms with Gasteiger partial charge in [0.15, 0.2) is 5.96 Å². The highest BCUT2D eigenvalue weighted by atomic mass is 32.1. The van der Waals surface area contributed by atoms with Crippen molar-refractivity contribution in [2.24, 2.45) is 4.99 Å². The Kier molecular flexibility index (Phi) is 7.31. The van der Waals surface area contributed by atoms with Crippen molar-refractivity contribution in [2.45, 2.75) is 46.6 Å². The Labute approximate surface area is 149 Å². The van der Waals surface area contributed by atoms with E-state index in [1.165, 1.54) is 10.6 Å². The molecule has 24 heavy (non-hydrogen) atoms. The minimum absolute atomic E-state index is 0.454. The molecule has 0 radical (unpaired) electrons. The maximum Gasteiger partial charge on any atom is 0.191 e. The molecule has 0 aliphatic heterocycles. The van der Waals surface area contributed by atoms with Crippen molar-refractivity contribution in [3.63, 3.8) is 0 Å². The number of nitrogens with one attached hydrogen (secondary N) is 2. The van der Waals surface area contributed by atoms with Crippen LogP contribution in [0.25, 0.3) is 0 Å². The summed E-state index contributed by atoms with van der Waals surface area (Å²) in [6.07, 6.45) is 1.02. The van der Waals surface area contributed by atoms with Crippen LogP contribution in [-0.2, 0) is 6.54 Å². The van der Waals surface area contributed by atoms with E-state index in [-0.39, 0.29) is 0 Å². The third-order valence-corrected chi connectivity index (χ3v) is 4.94. The molecular weight excluding hydrogens is 318 g/mol. The van der Waals surface area contributed by atoms with E-state index in [9.17, 15) is 0 Å². The normalized spacial score (nSPS) is 13.1. The summed E-state index contributed by atoms with van der Waals surface area (Å²) in [7, 11) is 0. The van der Waals surface area contributed by atoms with Gasteiger partial charge in [0.2, 0.25) is 0 Å². The van der Waals surface area contributed by atoms with Gasteiger partial charge in [0.05, 0.1) is 12.2 Å². The molecule has 1 unspecified atom stereocenters. The molecule has 2 heterocycles. The van der Waals surface area contributed by atoms with Gasteiger partial charge in [-0.05, 0) is 44.7 Å². The number of hydrogen-bond acceptors (Lipinski definition) is 3. The lowest BCUT2D eigenvalue weighted by atomic mass is 10.1. The van der Waals surface area contributed by atoms with Crippen LogP contribution in [-0.4, -0.2) is 35.4 Å². The quantitative estimate of drug-likeness (QED) is 0.438. The Morgan fingerprint density at radius 1 is 1.38 bits per heavy atom. The molecule has 0 aliphatic carbocycles. The van der Waals surface area contributed by atoms with Gasteiger partial charge in [-0.3, -0.25) is 9.67 Å². The van der Waals surface area contributed by atoms with E-state index in [0.29, 0.717) is 5.92 Å². The lowest BCUT2D eigenvalue weighted by Crippen LogP contribution is -2.38. The SMILES string of the molecule is CCNC(=NCC(C)c1cccs1)NCCCn1nc(C)cc1C. The van der Waals surface area contributed by atoms with E-state index in [2.05, 4.69) is 64.8 Å². The second-order valence-electron chi connectivity index (χ2n) is 6.07. The number of hydrogen-bond donors (Lipinski definition) is 2. The summed E-state index contributed by atoms with van der Waals surface area (Å²) >= 11 is 1.80. The van der Waals surface area contributed by atoms with Crippen LogP contribution in [0.1, 0.15) is 42.5 Å². The molecule has 0 spiro atoms. The maximum atomic E-state index is 4.71. The first-order valence-corrected chi connectivity index (χ1v) is 9.54. The fourth-order valence-corrected chi connectivity index (χ4v) is 3.35. The van der Waals surface area contributed by atoms with Gasteiger partial charge in [-0.15, -0.1) is 11.3 Å². The molecule has 0 bridgehead atoms. The average Bonchev–Trinajstić information content (AvgIpc) is 3.18. The molecule has 0 fully saturated rings. The smallest absolute Gasteiger partial charge is 0.191 e. The third-order valence-electron chi connectivity index (χ3n) is 3.84. The summed E-state index contributed by atoms with van der Waals surface area (Å²) in [6.45, 7) is 11.9. The van der Waals surface area contributed by atoms with E-state index in [0.717, 1.165) is 44.3 Å².